The van der Waals surface area contributed by atoms with E-state index >= 15 is 0 Å². The number of hydrogen-bond donors (Lipinski definition) is 0. The first-order valence-electron chi connectivity index (χ1n) is 11.6. The van der Waals surface area contributed by atoms with Crippen LogP contribution in [-0.4, -0.2) is 35.8 Å². The minimum absolute atomic E-state index is 0.0124. The normalized spacial score (nSPS) is 19.2. The van der Waals surface area contributed by atoms with Crippen LogP contribution in [0.4, 0.5) is 35.5 Å². The van der Waals surface area contributed by atoms with E-state index in [0.29, 0.717) is 24.1 Å². The van der Waals surface area contributed by atoms with Crippen LogP contribution in [0.3, 0.4) is 0 Å². The highest BCUT2D eigenvalue weighted by Crippen LogP contribution is 2.38. The molecular weight excluding hydrogens is 507 g/mol. The van der Waals surface area contributed by atoms with Gasteiger partial charge in [0.1, 0.15) is 11.4 Å². The predicted octanol–water partition coefficient (Wildman–Crippen LogP) is 7.48. The van der Waals surface area contributed by atoms with Crippen molar-refractivity contribution in [3.05, 3.63) is 70.0 Å². The Hall–Kier alpha value is -2.82. The number of alkyl halides is 6. The van der Waals surface area contributed by atoms with Gasteiger partial charge < -0.3 is 14.4 Å². The molecule has 37 heavy (non-hydrogen) atoms. The number of rotatable bonds is 4. The smallest absolute Gasteiger partial charge is 0.416 e. The Bertz CT molecular complexity index is 1090. The lowest BCUT2D eigenvalue weighted by molar-refractivity contribution is -0.143. The van der Waals surface area contributed by atoms with Crippen molar-refractivity contribution in [3.8, 4) is 0 Å². The topological polar surface area (TPSA) is 38.8 Å². The second-order valence-electron chi connectivity index (χ2n) is 10.1. The minimum atomic E-state index is -4.98. The van der Waals surface area contributed by atoms with E-state index < -0.39 is 53.7 Å². The van der Waals surface area contributed by atoms with E-state index in [1.807, 2.05) is 0 Å². The predicted molar refractivity (Wildman–Crippen MR) is 121 cm³/mol. The Morgan fingerprint density at radius 1 is 0.973 bits per heavy atom. The van der Waals surface area contributed by atoms with Gasteiger partial charge in [-0.15, -0.1) is 0 Å². The van der Waals surface area contributed by atoms with Gasteiger partial charge in [-0.25, -0.2) is 9.18 Å². The summed E-state index contributed by atoms with van der Waals surface area (Å²) < 4.78 is 105. The number of aryl methyl sites for hydroxylation is 1. The molecular formula is C26H28F7NO3. The molecule has 11 heteroatoms. The fraction of sp³-hybridized carbons (Fsp3) is 0.500. The zero-order valence-electron chi connectivity index (χ0n) is 20.8. The van der Waals surface area contributed by atoms with Gasteiger partial charge in [0, 0.05) is 12.5 Å². The summed E-state index contributed by atoms with van der Waals surface area (Å²) in [5.41, 5.74) is -2.63. The number of hydrogen-bond acceptors (Lipinski definition) is 3. The maximum Gasteiger partial charge on any atom is 0.416 e. The quantitative estimate of drug-likeness (QED) is 0.381. The Morgan fingerprint density at radius 2 is 1.57 bits per heavy atom. The van der Waals surface area contributed by atoms with Crippen molar-refractivity contribution in [3.63, 3.8) is 0 Å². The summed E-state index contributed by atoms with van der Waals surface area (Å²) in [6.45, 7) is 6.48. The third kappa shape index (κ3) is 7.59. The zero-order valence-corrected chi connectivity index (χ0v) is 20.8. The van der Waals surface area contributed by atoms with Crippen LogP contribution in [-0.2, 0) is 28.4 Å². The summed E-state index contributed by atoms with van der Waals surface area (Å²) in [5.74, 6) is -0.833. The van der Waals surface area contributed by atoms with E-state index in [2.05, 4.69) is 0 Å². The fourth-order valence-electron chi connectivity index (χ4n) is 4.29. The number of benzene rings is 2. The molecule has 0 unspecified atom stereocenters. The van der Waals surface area contributed by atoms with Gasteiger partial charge in [0.25, 0.3) is 0 Å². The van der Waals surface area contributed by atoms with Crippen molar-refractivity contribution in [1.29, 1.82) is 0 Å². The average molecular weight is 536 g/mol. The van der Waals surface area contributed by atoms with Gasteiger partial charge in [0.05, 0.1) is 30.4 Å². The molecule has 1 aliphatic rings. The third-order valence-electron chi connectivity index (χ3n) is 5.95. The molecule has 1 aliphatic heterocycles. The van der Waals surface area contributed by atoms with Crippen LogP contribution < -0.4 is 0 Å². The highest BCUT2D eigenvalue weighted by molar-refractivity contribution is 5.68. The van der Waals surface area contributed by atoms with Crippen LogP contribution in [0.25, 0.3) is 0 Å². The van der Waals surface area contributed by atoms with Gasteiger partial charge in [-0.1, -0.05) is 6.07 Å². The summed E-state index contributed by atoms with van der Waals surface area (Å²) in [6, 6.07) is 5.45. The number of likely N-dealkylation sites (tertiary alicyclic amines) is 1. The summed E-state index contributed by atoms with van der Waals surface area (Å²) in [6.07, 6.45) is -11.0. The number of ether oxygens (including phenoxy) is 2. The maximum absolute atomic E-state index is 13.7. The van der Waals surface area contributed by atoms with Crippen LogP contribution in [0.2, 0.25) is 0 Å². The first kappa shape index (κ1) is 28.7. The highest BCUT2D eigenvalue weighted by atomic mass is 19.4. The Balaban J connectivity index is 1.91. The van der Waals surface area contributed by atoms with Crippen molar-refractivity contribution in [2.45, 2.75) is 70.7 Å². The molecule has 0 N–H and O–H groups in total. The molecule has 2 aromatic rings. The standard InChI is InChI=1S/C26H28F7NO3/c1-15-9-19(27)5-6-20(15)21-7-8-34(23(35)37-24(2,3)4)13-22(21)36-14-16-10-17(25(28,29)30)12-18(11-16)26(31,32)33/h5-6,9-12,21-22H,7-8,13-14H2,1-4H3/t21-,22-/m0/s1. The number of halogens is 7. The highest BCUT2D eigenvalue weighted by Gasteiger charge is 2.38. The second kappa shape index (κ2) is 10.5. The van der Waals surface area contributed by atoms with Crippen molar-refractivity contribution in [2.24, 2.45) is 0 Å². The molecule has 4 nitrogen and oxygen atoms in total. The van der Waals surface area contributed by atoms with E-state index in [9.17, 15) is 35.5 Å². The van der Waals surface area contributed by atoms with Crippen LogP contribution in [0.5, 0.6) is 0 Å². The lowest BCUT2D eigenvalue weighted by Gasteiger charge is -2.39. The lowest BCUT2D eigenvalue weighted by atomic mass is 9.84. The minimum Gasteiger partial charge on any atom is -0.444 e. The van der Waals surface area contributed by atoms with Gasteiger partial charge in [0.2, 0.25) is 0 Å². The van der Waals surface area contributed by atoms with Crippen molar-refractivity contribution in [1.82, 2.24) is 4.90 Å². The van der Waals surface area contributed by atoms with Crippen molar-refractivity contribution < 1.29 is 45.0 Å². The first-order valence-corrected chi connectivity index (χ1v) is 11.6. The Morgan fingerprint density at radius 3 is 2.08 bits per heavy atom. The molecule has 2 aromatic carbocycles. The molecule has 0 aromatic heterocycles. The Kier molecular flexibility index (Phi) is 8.16. The molecule has 1 saturated heterocycles. The first-order chi connectivity index (χ1) is 16.9. The second-order valence-corrected chi connectivity index (χ2v) is 10.1. The van der Waals surface area contributed by atoms with E-state index in [1.54, 1.807) is 33.8 Å². The van der Waals surface area contributed by atoms with Crippen molar-refractivity contribution >= 4 is 6.09 Å². The number of amides is 1. The summed E-state index contributed by atoms with van der Waals surface area (Å²) in [5, 5.41) is 0. The average Bonchev–Trinajstić information content (AvgIpc) is 2.75. The van der Waals surface area contributed by atoms with Crippen LogP contribution >= 0.6 is 0 Å². The van der Waals surface area contributed by atoms with Crippen LogP contribution in [0.1, 0.15) is 60.9 Å². The van der Waals surface area contributed by atoms with Gasteiger partial charge >= 0.3 is 18.4 Å². The molecule has 0 bridgehead atoms. The summed E-state index contributed by atoms with van der Waals surface area (Å²) in [7, 11) is 0. The van der Waals surface area contributed by atoms with E-state index in [1.165, 1.54) is 17.0 Å². The van der Waals surface area contributed by atoms with E-state index in [-0.39, 0.29) is 30.6 Å². The van der Waals surface area contributed by atoms with Crippen LogP contribution in [0, 0.1) is 12.7 Å². The molecule has 0 aliphatic carbocycles. The molecule has 0 spiro atoms. The number of carbonyl (C=O) groups is 1. The monoisotopic (exact) mass is 535 g/mol. The Labute approximate surface area is 210 Å². The van der Waals surface area contributed by atoms with Crippen LogP contribution in [0.15, 0.2) is 36.4 Å². The molecule has 1 heterocycles. The summed E-state index contributed by atoms with van der Waals surface area (Å²) in [4.78, 5) is 14.0. The number of carbonyl (C=O) groups excluding carboxylic acids is 1. The van der Waals surface area contributed by atoms with Crippen molar-refractivity contribution in [2.75, 3.05) is 13.1 Å². The fourth-order valence-corrected chi connectivity index (χ4v) is 4.29. The molecule has 204 valence electrons. The number of piperidine rings is 1. The van der Waals surface area contributed by atoms with Gasteiger partial charge in [-0.3, -0.25) is 0 Å². The SMILES string of the molecule is Cc1cc(F)ccc1[C@@H]1CCN(C(=O)OC(C)(C)C)C[C@@H]1OCc1cc(C(F)(F)F)cc(C(F)(F)F)c1. The lowest BCUT2D eigenvalue weighted by Crippen LogP contribution is -2.48. The van der Waals surface area contributed by atoms with Gasteiger partial charge in [-0.2, -0.15) is 26.3 Å². The zero-order chi connectivity index (χ0) is 27.8. The molecule has 1 fully saturated rings. The van der Waals surface area contributed by atoms with E-state index in [4.69, 9.17) is 9.47 Å². The molecule has 2 atom stereocenters. The van der Waals surface area contributed by atoms with Gasteiger partial charge in [0.15, 0.2) is 0 Å². The molecule has 3 rings (SSSR count). The molecule has 0 saturated carbocycles. The maximum atomic E-state index is 13.7. The molecule has 0 radical (unpaired) electrons. The van der Waals surface area contributed by atoms with E-state index in [0.717, 1.165) is 5.56 Å². The third-order valence-corrected chi connectivity index (χ3v) is 5.95. The molecule has 1 amide bonds. The van der Waals surface area contributed by atoms with Gasteiger partial charge in [-0.05, 0) is 81.1 Å². The largest absolute Gasteiger partial charge is 0.444 e. The summed E-state index contributed by atoms with van der Waals surface area (Å²) >= 11 is 0. The number of nitrogens with zero attached hydrogens (tertiary/aromatic N) is 1.